The summed E-state index contributed by atoms with van der Waals surface area (Å²) in [4.78, 5) is 0. The van der Waals surface area contributed by atoms with Gasteiger partial charge in [-0.2, -0.15) is 11.8 Å². The summed E-state index contributed by atoms with van der Waals surface area (Å²) < 4.78 is 0. The van der Waals surface area contributed by atoms with E-state index in [1.54, 1.807) is 0 Å². The number of nitrogens with two attached hydrogens (primary N) is 1. The number of unbranched alkanes of at least 4 members (excludes halogenated alkanes) is 2. The second-order valence-electron chi connectivity index (χ2n) is 3.25. The molecule has 0 aliphatic carbocycles. The third kappa shape index (κ3) is 7.03. The van der Waals surface area contributed by atoms with Gasteiger partial charge in [0.1, 0.15) is 0 Å². The van der Waals surface area contributed by atoms with Gasteiger partial charge in [0.25, 0.3) is 0 Å². The summed E-state index contributed by atoms with van der Waals surface area (Å²) in [7, 11) is 0. The van der Waals surface area contributed by atoms with Crippen LogP contribution in [-0.2, 0) is 0 Å². The largest absolute Gasteiger partial charge is 0.409 e. The van der Waals surface area contributed by atoms with E-state index >= 15 is 0 Å². The Morgan fingerprint density at radius 1 is 1.50 bits per heavy atom. The Balaban J connectivity index is 3.27. The van der Waals surface area contributed by atoms with E-state index in [1.165, 1.54) is 18.6 Å². The molecule has 0 saturated carbocycles. The van der Waals surface area contributed by atoms with Crippen LogP contribution in [0.3, 0.4) is 0 Å². The zero-order valence-electron chi connectivity index (χ0n) is 8.99. The van der Waals surface area contributed by atoms with Crippen molar-refractivity contribution in [1.82, 2.24) is 5.32 Å². The molecule has 5 heteroatoms. The normalized spacial score (nSPS) is 14.3. The first-order valence-corrected chi connectivity index (χ1v) is 6.31. The molecule has 0 amide bonds. The van der Waals surface area contributed by atoms with Crippen LogP contribution in [0.5, 0.6) is 0 Å². The standard InChI is InChI=1S/C9H21N3OS/c1-8(9(10)12-13)11-6-4-3-5-7-14-2/h8,11,13H,3-7H2,1-2H3,(H2,10,12). The minimum absolute atomic E-state index is 0.0412. The summed E-state index contributed by atoms with van der Waals surface area (Å²) in [5.74, 6) is 1.48. The third-order valence-corrected chi connectivity index (χ3v) is 2.73. The van der Waals surface area contributed by atoms with Crippen LogP contribution in [0.15, 0.2) is 5.16 Å². The molecule has 0 aromatic heterocycles. The smallest absolute Gasteiger partial charge is 0.156 e. The Kier molecular flexibility index (Phi) is 8.87. The van der Waals surface area contributed by atoms with E-state index in [4.69, 9.17) is 10.9 Å². The maximum atomic E-state index is 8.40. The van der Waals surface area contributed by atoms with Crippen molar-refractivity contribution in [2.75, 3.05) is 18.6 Å². The van der Waals surface area contributed by atoms with E-state index in [0.29, 0.717) is 0 Å². The van der Waals surface area contributed by atoms with Gasteiger partial charge in [0, 0.05) is 0 Å². The summed E-state index contributed by atoms with van der Waals surface area (Å²) in [6, 6.07) is -0.0412. The topological polar surface area (TPSA) is 70.6 Å². The van der Waals surface area contributed by atoms with Crippen LogP contribution in [0, 0.1) is 0 Å². The summed E-state index contributed by atoms with van der Waals surface area (Å²) in [6.07, 6.45) is 5.76. The van der Waals surface area contributed by atoms with Crippen LogP contribution >= 0.6 is 11.8 Å². The summed E-state index contributed by atoms with van der Waals surface area (Å²) >= 11 is 1.88. The molecule has 0 aliphatic heterocycles. The highest BCUT2D eigenvalue weighted by Crippen LogP contribution is 2.01. The van der Waals surface area contributed by atoms with Gasteiger partial charge < -0.3 is 16.3 Å². The number of oxime groups is 1. The summed E-state index contributed by atoms with van der Waals surface area (Å²) in [5.41, 5.74) is 5.41. The molecule has 0 aromatic carbocycles. The van der Waals surface area contributed by atoms with Crippen LogP contribution in [-0.4, -0.2) is 35.6 Å². The van der Waals surface area contributed by atoms with Gasteiger partial charge in [0.05, 0.1) is 6.04 Å². The van der Waals surface area contributed by atoms with E-state index in [1.807, 2.05) is 18.7 Å². The number of nitrogens with zero attached hydrogens (tertiary/aromatic N) is 1. The van der Waals surface area contributed by atoms with Crippen LogP contribution in [0.1, 0.15) is 26.2 Å². The molecule has 1 unspecified atom stereocenters. The fourth-order valence-electron chi connectivity index (χ4n) is 1.06. The lowest BCUT2D eigenvalue weighted by atomic mass is 10.2. The van der Waals surface area contributed by atoms with E-state index in [9.17, 15) is 0 Å². The fourth-order valence-corrected chi connectivity index (χ4v) is 1.55. The van der Waals surface area contributed by atoms with Crippen molar-refractivity contribution in [2.45, 2.75) is 32.2 Å². The van der Waals surface area contributed by atoms with Crippen molar-refractivity contribution in [1.29, 1.82) is 0 Å². The van der Waals surface area contributed by atoms with E-state index in [0.717, 1.165) is 13.0 Å². The Labute approximate surface area is 90.3 Å². The SMILES string of the molecule is CSCCCCCNC(C)C(N)=NO. The predicted octanol–water partition coefficient (Wildman–Crippen LogP) is 1.24. The van der Waals surface area contributed by atoms with E-state index < -0.39 is 0 Å². The highest BCUT2D eigenvalue weighted by molar-refractivity contribution is 7.98. The second-order valence-corrected chi connectivity index (χ2v) is 4.24. The lowest BCUT2D eigenvalue weighted by molar-refractivity contribution is 0.315. The molecule has 1 atom stereocenters. The van der Waals surface area contributed by atoms with Crippen molar-refractivity contribution in [3.05, 3.63) is 0 Å². The minimum Gasteiger partial charge on any atom is -0.409 e. The Hall–Kier alpha value is -0.420. The zero-order chi connectivity index (χ0) is 10.8. The van der Waals surface area contributed by atoms with Crippen LogP contribution in [0.4, 0.5) is 0 Å². The second kappa shape index (κ2) is 9.15. The quantitative estimate of drug-likeness (QED) is 0.189. The average Bonchev–Trinajstić information content (AvgIpc) is 2.21. The van der Waals surface area contributed by atoms with Gasteiger partial charge in [-0.05, 0) is 38.3 Å². The average molecular weight is 219 g/mol. The number of amidine groups is 1. The Morgan fingerprint density at radius 3 is 2.79 bits per heavy atom. The number of thioether (sulfide) groups is 1. The van der Waals surface area contributed by atoms with Crippen LogP contribution in [0.2, 0.25) is 0 Å². The van der Waals surface area contributed by atoms with Gasteiger partial charge in [0.15, 0.2) is 5.84 Å². The van der Waals surface area contributed by atoms with Crippen molar-refractivity contribution in [2.24, 2.45) is 10.9 Å². The summed E-state index contributed by atoms with van der Waals surface area (Å²) in [6.45, 7) is 2.81. The molecule has 0 fully saturated rings. The van der Waals surface area contributed by atoms with E-state index in [-0.39, 0.29) is 11.9 Å². The van der Waals surface area contributed by atoms with Gasteiger partial charge in [-0.3, -0.25) is 0 Å². The highest BCUT2D eigenvalue weighted by atomic mass is 32.2. The van der Waals surface area contributed by atoms with E-state index in [2.05, 4.69) is 16.7 Å². The molecule has 0 aliphatic rings. The molecule has 0 aromatic rings. The number of hydrogen-bond acceptors (Lipinski definition) is 4. The van der Waals surface area contributed by atoms with Crippen LogP contribution in [0.25, 0.3) is 0 Å². The maximum Gasteiger partial charge on any atom is 0.156 e. The van der Waals surface area contributed by atoms with Gasteiger partial charge in [0.2, 0.25) is 0 Å². The molecule has 0 bridgehead atoms. The Bertz CT molecular complexity index is 164. The van der Waals surface area contributed by atoms with Crippen molar-refractivity contribution >= 4 is 17.6 Å². The first-order chi connectivity index (χ1) is 6.72. The first kappa shape index (κ1) is 13.6. The molecular weight excluding hydrogens is 198 g/mol. The molecule has 4 N–H and O–H groups in total. The van der Waals surface area contributed by atoms with Crippen molar-refractivity contribution in [3.8, 4) is 0 Å². The molecule has 0 spiro atoms. The van der Waals surface area contributed by atoms with Gasteiger partial charge in [-0.25, -0.2) is 0 Å². The lowest BCUT2D eigenvalue weighted by Gasteiger charge is -2.11. The predicted molar refractivity (Wildman–Crippen MR) is 63.1 cm³/mol. The number of nitrogens with one attached hydrogen (secondary N) is 1. The molecule has 0 saturated heterocycles. The monoisotopic (exact) mass is 219 g/mol. The zero-order valence-corrected chi connectivity index (χ0v) is 9.81. The summed E-state index contributed by atoms with van der Waals surface area (Å²) in [5, 5.41) is 14.5. The molecule has 0 rings (SSSR count). The van der Waals surface area contributed by atoms with Gasteiger partial charge >= 0.3 is 0 Å². The van der Waals surface area contributed by atoms with Gasteiger partial charge in [-0.15, -0.1) is 0 Å². The lowest BCUT2D eigenvalue weighted by Crippen LogP contribution is -2.39. The Morgan fingerprint density at radius 2 is 2.21 bits per heavy atom. The first-order valence-electron chi connectivity index (χ1n) is 4.92. The molecule has 0 heterocycles. The minimum atomic E-state index is -0.0412. The fraction of sp³-hybridized carbons (Fsp3) is 0.889. The highest BCUT2D eigenvalue weighted by Gasteiger charge is 2.04. The third-order valence-electron chi connectivity index (χ3n) is 2.03. The number of rotatable bonds is 8. The molecule has 0 radical (unpaired) electrons. The van der Waals surface area contributed by atoms with Crippen molar-refractivity contribution in [3.63, 3.8) is 0 Å². The molecule has 84 valence electrons. The maximum absolute atomic E-state index is 8.40. The molecule has 14 heavy (non-hydrogen) atoms. The molecule has 4 nitrogen and oxygen atoms in total. The van der Waals surface area contributed by atoms with Crippen LogP contribution < -0.4 is 11.1 Å². The van der Waals surface area contributed by atoms with Gasteiger partial charge in [-0.1, -0.05) is 11.6 Å². The van der Waals surface area contributed by atoms with Crippen molar-refractivity contribution < 1.29 is 5.21 Å². The number of hydrogen-bond donors (Lipinski definition) is 3. The molecular formula is C9H21N3OS.